The summed E-state index contributed by atoms with van der Waals surface area (Å²) < 4.78 is 140. The van der Waals surface area contributed by atoms with Gasteiger partial charge in [-0.2, -0.15) is 26.3 Å². The summed E-state index contributed by atoms with van der Waals surface area (Å²) >= 11 is 0. The number of carboxylic acid groups (broad SMARTS) is 1. The van der Waals surface area contributed by atoms with Crippen molar-refractivity contribution in [1.82, 2.24) is 23.8 Å². The largest absolute Gasteiger partial charge is 0.478 e. The molecule has 0 saturated carbocycles. The standard InChI is InChI=1S/C33H37F3N4O4S.C27H18F3N3O4S/c1-5-6-7-12-30(41)39-45(43,44)29-11-9-8-10-26(29)38-32(42)23-13-14-28-27(20-23)37-31(40(28)16-15-21(2)3)24-17-22(4)18-25(19-24)33(34,35)36;28-27(29,30)18-10-13-20(14-11-18)33-23-15-12-19(16-22(23)31-25(33)17-6-2-1-3-7-17)32-38(36,37)24-9-5-4-8-21(24)26(34)35/h8-11,13-14,17-21H,5-7,12,15-16H2,1-4H3,(H,38,42)(H,39,41);1-16,32H,(H,34,35). The van der Waals surface area contributed by atoms with E-state index in [1.807, 2.05) is 31.4 Å². The Morgan fingerprint density at radius 1 is 0.639 bits per heavy atom. The number of hydrogen-bond acceptors (Lipinski definition) is 9. The van der Waals surface area contributed by atoms with Gasteiger partial charge in [0.2, 0.25) is 5.91 Å². The number of nitrogens with zero attached hydrogens (tertiary/aromatic N) is 4. The normalized spacial score (nSPS) is 12.0. The van der Waals surface area contributed by atoms with Gasteiger partial charge in [0.15, 0.2) is 0 Å². The highest BCUT2D eigenvalue weighted by atomic mass is 32.2. The maximum absolute atomic E-state index is 13.6. The van der Waals surface area contributed by atoms with Crippen molar-refractivity contribution in [2.24, 2.45) is 5.92 Å². The number of aryl methyl sites for hydroxylation is 2. The number of aromatic nitrogens is 4. The number of anilines is 2. The molecule has 83 heavy (non-hydrogen) atoms. The molecule has 0 spiro atoms. The number of nitrogens with one attached hydrogen (secondary N) is 3. The van der Waals surface area contributed by atoms with Crippen molar-refractivity contribution in [3.63, 3.8) is 0 Å². The predicted molar refractivity (Wildman–Crippen MR) is 304 cm³/mol. The highest BCUT2D eigenvalue weighted by molar-refractivity contribution is 7.92. The fourth-order valence-electron chi connectivity index (χ4n) is 9.04. The summed E-state index contributed by atoms with van der Waals surface area (Å²) in [4.78, 5) is 45.8. The Hall–Kier alpha value is -8.83. The molecule has 9 aromatic rings. The van der Waals surface area contributed by atoms with Gasteiger partial charge in [-0.15, -0.1) is 0 Å². The number of sulfonamides is 2. The Bertz CT molecular complexity index is 4110. The van der Waals surface area contributed by atoms with Crippen molar-refractivity contribution in [3.05, 3.63) is 186 Å². The summed E-state index contributed by atoms with van der Waals surface area (Å²) in [5.41, 5.74) is 2.17. The number of alkyl halides is 6. The van der Waals surface area contributed by atoms with E-state index in [0.717, 1.165) is 43.5 Å². The van der Waals surface area contributed by atoms with E-state index in [0.29, 0.717) is 75.0 Å². The van der Waals surface area contributed by atoms with Crippen LogP contribution in [-0.4, -0.2) is 58.8 Å². The summed E-state index contributed by atoms with van der Waals surface area (Å²) in [6, 6.07) is 37.7. The zero-order valence-corrected chi connectivity index (χ0v) is 46.6. The SMILES string of the molecule is CCCCCC(=O)NS(=O)(=O)c1ccccc1NC(=O)c1ccc2c(c1)nc(-c1cc(C)cc(C(F)(F)F)c1)n2CCC(C)C.O=C(O)c1ccccc1S(=O)(=O)Nc1ccc2c(c1)nc(-c1ccccc1)n2-c1ccc(C(F)(F)F)cc1. The average molecular weight is 1180 g/mol. The van der Waals surface area contributed by atoms with E-state index in [9.17, 15) is 62.7 Å². The first-order valence-corrected chi connectivity index (χ1v) is 29.0. The van der Waals surface area contributed by atoms with Crippen molar-refractivity contribution >= 4 is 71.3 Å². The lowest BCUT2D eigenvalue weighted by molar-refractivity contribution is -0.138. The Labute approximate surface area is 474 Å². The average Bonchev–Trinajstić information content (AvgIpc) is 4.25. The second-order valence-corrected chi connectivity index (χ2v) is 23.1. The van der Waals surface area contributed by atoms with Gasteiger partial charge in [0, 0.05) is 35.3 Å². The van der Waals surface area contributed by atoms with Crippen molar-refractivity contribution < 1.29 is 62.7 Å². The van der Waals surface area contributed by atoms with Gasteiger partial charge in [0.25, 0.3) is 26.0 Å². The molecule has 0 fully saturated rings. The Kier molecular flexibility index (Phi) is 17.9. The zero-order valence-electron chi connectivity index (χ0n) is 45.0. The zero-order chi connectivity index (χ0) is 60.0. The topological polar surface area (TPSA) is 211 Å². The van der Waals surface area contributed by atoms with E-state index >= 15 is 0 Å². The van der Waals surface area contributed by atoms with Crippen LogP contribution in [0, 0.1) is 12.8 Å². The molecule has 9 rings (SSSR count). The third-order valence-corrected chi connectivity index (χ3v) is 16.0. The summed E-state index contributed by atoms with van der Waals surface area (Å²) in [6.07, 6.45) is -5.97. The van der Waals surface area contributed by atoms with E-state index in [2.05, 4.69) is 24.7 Å². The number of carboxylic acids is 1. The van der Waals surface area contributed by atoms with Gasteiger partial charge in [-0.25, -0.2) is 36.3 Å². The Morgan fingerprint density at radius 2 is 1.27 bits per heavy atom. The molecule has 432 valence electrons. The van der Waals surface area contributed by atoms with Crippen LogP contribution in [0.5, 0.6) is 0 Å². The highest BCUT2D eigenvalue weighted by Crippen LogP contribution is 2.37. The second-order valence-electron chi connectivity index (χ2n) is 19.8. The van der Waals surface area contributed by atoms with E-state index in [1.54, 1.807) is 66.1 Å². The number of unbranched alkanes of at least 4 members (excludes halogenated alkanes) is 2. The minimum absolute atomic E-state index is 0.0148. The molecular formula is C60H55F6N7O8S2. The molecule has 0 atom stereocenters. The number of halogens is 6. The molecule has 23 heteroatoms. The summed E-state index contributed by atoms with van der Waals surface area (Å²) in [7, 11) is -8.52. The van der Waals surface area contributed by atoms with Crippen LogP contribution >= 0.6 is 0 Å². The van der Waals surface area contributed by atoms with Crippen molar-refractivity contribution in [3.8, 4) is 28.5 Å². The first kappa shape index (κ1) is 60.3. The molecule has 0 unspecified atom stereocenters. The van der Waals surface area contributed by atoms with Crippen molar-refractivity contribution in [2.75, 3.05) is 10.0 Å². The molecule has 0 aliphatic rings. The number of hydrogen-bond donors (Lipinski definition) is 4. The molecule has 2 heterocycles. The monoisotopic (exact) mass is 1180 g/mol. The number of carbonyl (C=O) groups excluding carboxylic acids is 2. The number of aromatic carboxylic acids is 1. The number of fused-ring (bicyclic) bond motifs is 2. The fourth-order valence-corrected chi connectivity index (χ4v) is 11.5. The van der Waals surface area contributed by atoms with Gasteiger partial charge in [-0.3, -0.25) is 18.9 Å². The Morgan fingerprint density at radius 3 is 1.93 bits per heavy atom. The number of benzene rings is 7. The van der Waals surface area contributed by atoms with E-state index in [1.165, 1.54) is 72.8 Å². The molecule has 15 nitrogen and oxygen atoms in total. The number of imidazole rings is 2. The predicted octanol–water partition coefficient (Wildman–Crippen LogP) is 13.9. The third-order valence-electron chi connectivity index (χ3n) is 13.1. The van der Waals surface area contributed by atoms with Gasteiger partial charge in [-0.05, 0) is 134 Å². The lowest BCUT2D eigenvalue weighted by Gasteiger charge is -2.14. The maximum atomic E-state index is 13.6. The lowest BCUT2D eigenvalue weighted by Crippen LogP contribution is -2.31. The summed E-state index contributed by atoms with van der Waals surface area (Å²) in [5.74, 6) is -1.53. The van der Waals surface area contributed by atoms with Gasteiger partial charge in [0.05, 0.1) is 50.1 Å². The molecule has 0 radical (unpaired) electrons. The maximum Gasteiger partial charge on any atom is 0.416 e. The summed E-state index contributed by atoms with van der Waals surface area (Å²) in [5, 5.41) is 12.0. The number of rotatable bonds is 18. The minimum Gasteiger partial charge on any atom is -0.478 e. The van der Waals surface area contributed by atoms with E-state index in [4.69, 9.17) is 0 Å². The second kappa shape index (κ2) is 24.7. The van der Waals surface area contributed by atoms with E-state index in [-0.39, 0.29) is 33.8 Å². The smallest absolute Gasteiger partial charge is 0.416 e. The first-order chi connectivity index (χ1) is 39.2. The van der Waals surface area contributed by atoms with Crippen molar-refractivity contribution in [2.45, 2.75) is 88.5 Å². The molecule has 0 bridgehead atoms. The fraction of sp³-hybridized carbons (Fsp3) is 0.217. The van der Waals surface area contributed by atoms with Crippen LogP contribution in [0.3, 0.4) is 0 Å². The van der Waals surface area contributed by atoms with Gasteiger partial charge >= 0.3 is 18.3 Å². The third kappa shape index (κ3) is 14.3. The van der Waals surface area contributed by atoms with Crippen LogP contribution < -0.4 is 14.8 Å². The van der Waals surface area contributed by atoms with Crippen LogP contribution in [0.25, 0.3) is 50.5 Å². The molecular weight excluding hydrogens is 1120 g/mol. The van der Waals surface area contributed by atoms with Crippen LogP contribution in [-0.2, 0) is 43.7 Å². The molecule has 2 amide bonds. The first-order valence-electron chi connectivity index (χ1n) is 26.0. The Balaban J connectivity index is 0.000000220. The number of carbonyl (C=O) groups is 3. The highest BCUT2D eigenvalue weighted by Gasteiger charge is 2.33. The van der Waals surface area contributed by atoms with E-state index < -0.39 is 66.2 Å². The lowest BCUT2D eigenvalue weighted by atomic mass is 10.1. The van der Waals surface area contributed by atoms with Crippen LogP contribution in [0.2, 0.25) is 0 Å². The number of para-hydroxylation sites is 1. The quantitative estimate of drug-likeness (QED) is 0.0471. The van der Waals surface area contributed by atoms with Gasteiger partial charge in [0.1, 0.15) is 21.4 Å². The van der Waals surface area contributed by atoms with Crippen molar-refractivity contribution in [1.29, 1.82) is 0 Å². The molecule has 0 aliphatic carbocycles. The number of amides is 2. The minimum atomic E-state index is -4.53. The van der Waals surface area contributed by atoms with Crippen LogP contribution in [0.15, 0.2) is 168 Å². The molecule has 7 aromatic carbocycles. The molecule has 2 aromatic heterocycles. The summed E-state index contributed by atoms with van der Waals surface area (Å²) in [6.45, 7) is 8.16. The molecule has 0 aliphatic heterocycles. The van der Waals surface area contributed by atoms with Gasteiger partial charge in [-0.1, -0.05) is 88.2 Å². The molecule has 0 saturated heterocycles. The van der Waals surface area contributed by atoms with Crippen LogP contribution in [0.4, 0.5) is 37.7 Å². The molecule has 4 N–H and O–H groups in total. The van der Waals surface area contributed by atoms with Crippen LogP contribution in [0.1, 0.15) is 90.3 Å². The van der Waals surface area contributed by atoms with Gasteiger partial charge < -0.3 is 15.0 Å².